The third kappa shape index (κ3) is 1.50. The predicted octanol–water partition coefficient (Wildman–Crippen LogP) is 2.78. The maximum absolute atomic E-state index is 5.96. The van der Waals surface area contributed by atoms with Gasteiger partial charge in [0.2, 0.25) is 0 Å². The van der Waals surface area contributed by atoms with E-state index in [-0.39, 0.29) is 6.04 Å². The van der Waals surface area contributed by atoms with Gasteiger partial charge in [0.15, 0.2) is 0 Å². The molecule has 1 aromatic rings. The SMILES string of the molecule is N[C@H]1CCOc2c1ccc(Cl)c2Cl. The van der Waals surface area contributed by atoms with Gasteiger partial charge in [-0.1, -0.05) is 29.3 Å². The van der Waals surface area contributed by atoms with Gasteiger partial charge in [0.25, 0.3) is 0 Å². The second kappa shape index (κ2) is 3.37. The van der Waals surface area contributed by atoms with Gasteiger partial charge in [0.1, 0.15) is 10.8 Å². The van der Waals surface area contributed by atoms with Gasteiger partial charge in [-0.05, 0) is 6.07 Å². The molecule has 0 amide bonds. The van der Waals surface area contributed by atoms with Gasteiger partial charge in [-0.3, -0.25) is 0 Å². The Bertz CT molecular complexity index is 341. The van der Waals surface area contributed by atoms with Crippen molar-refractivity contribution in [1.82, 2.24) is 0 Å². The molecule has 0 saturated heterocycles. The van der Waals surface area contributed by atoms with Gasteiger partial charge in [0.05, 0.1) is 11.6 Å². The van der Waals surface area contributed by atoms with Gasteiger partial charge in [-0.25, -0.2) is 0 Å². The van der Waals surface area contributed by atoms with Gasteiger partial charge in [0, 0.05) is 18.0 Å². The summed E-state index contributed by atoms with van der Waals surface area (Å²) < 4.78 is 5.41. The summed E-state index contributed by atoms with van der Waals surface area (Å²) in [7, 11) is 0. The summed E-state index contributed by atoms with van der Waals surface area (Å²) in [6.07, 6.45) is 0.824. The lowest BCUT2D eigenvalue weighted by Gasteiger charge is -2.23. The zero-order valence-corrected chi connectivity index (χ0v) is 8.40. The first-order valence-corrected chi connectivity index (χ1v) is 4.82. The van der Waals surface area contributed by atoms with Crippen molar-refractivity contribution >= 4 is 23.2 Å². The van der Waals surface area contributed by atoms with Crippen LogP contribution in [0.4, 0.5) is 0 Å². The fourth-order valence-corrected chi connectivity index (χ4v) is 1.80. The van der Waals surface area contributed by atoms with Gasteiger partial charge < -0.3 is 10.5 Å². The molecule has 70 valence electrons. The molecule has 4 heteroatoms. The van der Waals surface area contributed by atoms with Crippen molar-refractivity contribution in [3.8, 4) is 5.75 Å². The lowest BCUT2D eigenvalue weighted by Crippen LogP contribution is -2.20. The number of benzene rings is 1. The first kappa shape index (κ1) is 9.13. The topological polar surface area (TPSA) is 35.2 Å². The van der Waals surface area contributed by atoms with Crippen LogP contribution in [0.1, 0.15) is 18.0 Å². The lowest BCUT2D eigenvalue weighted by molar-refractivity contribution is 0.269. The standard InChI is InChI=1S/C9H9Cl2NO/c10-6-2-1-5-7(12)3-4-13-9(5)8(6)11/h1-2,7H,3-4,12H2/t7-/m0/s1. The molecule has 2 rings (SSSR count). The molecule has 1 aromatic carbocycles. The van der Waals surface area contributed by atoms with Crippen molar-refractivity contribution in [3.05, 3.63) is 27.7 Å². The summed E-state index contributed by atoms with van der Waals surface area (Å²) >= 11 is 11.8. The van der Waals surface area contributed by atoms with Crippen LogP contribution in [0, 0.1) is 0 Å². The van der Waals surface area contributed by atoms with Crippen LogP contribution in [0.2, 0.25) is 10.0 Å². The van der Waals surface area contributed by atoms with Crippen LogP contribution in [0.25, 0.3) is 0 Å². The normalized spacial score (nSPS) is 20.7. The number of halogens is 2. The van der Waals surface area contributed by atoms with E-state index in [9.17, 15) is 0 Å². The number of ether oxygens (including phenoxy) is 1. The predicted molar refractivity (Wildman–Crippen MR) is 53.5 cm³/mol. The number of rotatable bonds is 0. The van der Waals surface area contributed by atoms with E-state index in [4.69, 9.17) is 33.7 Å². The Morgan fingerprint density at radius 3 is 2.92 bits per heavy atom. The van der Waals surface area contributed by atoms with Gasteiger partial charge >= 0.3 is 0 Å². The summed E-state index contributed by atoms with van der Waals surface area (Å²) in [6.45, 7) is 0.605. The van der Waals surface area contributed by atoms with E-state index in [2.05, 4.69) is 0 Å². The minimum atomic E-state index is 0.0125. The van der Waals surface area contributed by atoms with Gasteiger partial charge in [-0.15, -0.1) is 0 Å². The van der Waals surface area contributed by atoms with Crippen LogP contribution in [-0.2, 0) is 0 Å². The van der Waals surface area contributed by atoms with E-state index in [1.54, 1.807) is 6.07 Å². The fraction of sp³-hybridized carbons (Fsp3) is 0.333. The quantitative estimate of drug-likeness (QED) is 0.726. The molecule has 0 radical (unpaired) electrons. The molecule has 1 heterocycles. The van der Waals surface area contributed by atoms with Crippen LogP contribution in [0.3, 0.4) is 0 Å². The zero-order valence-electron chi connectivity index (χ0n) is 6.89. The highest BCUT2D eigenvalue weighted by atomic mass is 35.5. The van der Waals surface area contributed by atoms with E-state index < -0.39 is 0 Å². The van der Waals surface area contributed by atoms with Gasteiger partial charge in [-0.2, -0.15) is 0 Å². The summed E-state index contributed by atoms with van der Waals surface area (Å²) in [4.78, 5) is 0. The second-order valence-corrected chi connectivity index (χ2v) is 3.81. The molecule has 0 spiro atoms. The van der Waals surface area contributed by atoms with Crippen LogP contribution in [0.5, 0.6) is 5.75 Å². The average molecular weight is 218 g/mol. The highest BCUT2D eigenvalue weighted by Gasteiger charge is 2.21. The van der Waals surface area contributed by atoms with E-state index in [1.807, 2.05) is 6.07 Å². The monoisotopic (exact) mass is 217 g/mol. The molecular formula is C9H9Cl2NO. The summed E-state index contributed by atoms with van der Waals surface area (Å²) in [5, 5.41) is 0.976. The third-order valence-corrected chi connectivity index (χ3v) is 2.94. The van der Waals surface area contributed by atoms with Crippen molar-refractivity contribution in [2.24, 2.45) is 5.73 Å². The average Bonchev–Trinajstić information content (AvgIpc) is 2.12. The molecule has 1 aliphatic heterocycles. The maximum Gasteiger partial charge on any atom is 0.144 e. The minimum absolute atomic E-state index is 0.0125. The van der Waals surface area contributed by atoms with Crippen molar-refractivity contribution in [3.63, 3.8) is 0 Å². The molecule has 1 aliphatic rings. The molecule has 0 saturated carbocycles. The molecular weight excluding hydrogens is 209 g/mol. The lowest BCUT2D eigenvalue weighted by atomic mass is 10.0. The largest absolute Gasteiger partial charge is 0.492 e. The molecule has 2 nitrogen and oxygen atoms in total. The Kier molecular flexibility index (Phi) is 2.37. The Balaban J connectivity index is 2.56. The molecule has 0 aliphatic carbocycles. The van der Waals surface area contributed by atoms with E-state index >= 15 is 0 Å². The summed E-state index contributed by atoms with van der Waals surface area (Å²) in [5.41, 5.74) is 6.83. The van der Waals surface area contributed by atoms with Crippen molar-refractivity contribution in [1.29, 1.82) is 0 Å². The Morgan fingerprint density at radius 1 is 1.38 bits per heavy atom. The van der Waals surface area contributed by atoms with Crippen molar-refractivity contribution in [2.45, 2.75) is 12.5 Å². The second-order valence-electron chi connectivity index (χ2n) is 3.02. The first-order valence-electron chi connectivity index (χ1n) is 4.06. The third-order valence-electron chi connectivity index (χ3n) is 2.16. The van der Waals surface area contributed by atoms with Crippen LogP contribution in [0.15, 0.2) is 12.1 Å². The Labute approximate surface area is 86.6 Å². The fourth-order valence-electron chi connectivity index (χ4n) is 1.43. The highest BCUT2D eigenvalue weighted by molar-refractivity contribution is 6.43. The Hall–Kier alpha value is -0.440. The molecule has 1 atom stereocenters. The van der Waals surface area contributed by atoms with E-state index in [0.29, 0.717) is 22.4 Å². The number of hydrogen-bond acceptors (Lipinski definition) is 2. The molecule has 0 unspecified atom stereocenters. The van der Waals surface area contributed by atoms with Crippen LogP contribution >= 0.6 is 23.2 Å². The molecule has 0 bridgehead atoms. The van der Waals surface area contributed by atoms with Crippen molar-refractivity contribution in [2.75, 3.05) is 6.61 Å². The van der Waals surface area contributed by atoms with Crippen molar-refractivity contribution < 1.29 is 4.74 Å². The summed E-state index contributed by atoms with van der Waals surface area (Å²) in [5.74, 6) is 0.646. The van der Waals surface area contributed by atoms with Crippen LogP contribution in [-0.4, -0.2) is 6.61 Å². The maximum atomic E-state index is 5.96. The number of fused-ring (bicyclic) bond motifs is 1. The number of hydrogen-bond donors (Lipinski definition) is 1. The zero-order chi connectivity index (χ0) is 9.42. The minimum Gasteiger partial charge on any atom is -0.492 e. The first-order chi connectivity index (χ1) is 6.20. The summed E-state index contributed by atoms with van der Waals surface area (Å²) in [6, 6.07) is 3.63. The molecule has 0 fully saturated rings. The van der Waals surface area contributed by atoms with E-state index in [1.165, 1.54) is 0 Å². The Morgan fingerprint density at radius 2 is 2.15 bits per heavy atom. The molecule has 13 heavy (non-hydrogen) atoms. The smallest absolute Gasteiger partial charge is 0.144 e. The molecule has 0 aromatic heterocycles. The van der Waals surface area contributed by atoms with Crippen LogP contribution < -0.4 is 10.5 Å². The highest BCUT2D eigenvalue weighted by Crippen LogP contribution is 2.40. The van der Waals surface area contributed by atoms with E-state index in [0.717, 1.165) is 12.0 Å². The molecule has 2 N–H and O–H groups in total. The number of nitrogens with two attached hydrogens (primary N) is 1.